The Balaban J connectivity index is 1.57. The maximum absolute atomic E-state index is 11.5. The Labute approximate surface area is 157 Å². The van der Waals surface area contributed by atoms with E-state index in [2.05, 4.69) is 17.0 Å². The molecular formula is C20H23N3O4. The van der Waals surface area contributed by atoms with Gasteiger partial charge in [-0.05, 0) is 23.3 Å². The topological polar surface area (TPSA) is 79.1 Å². The fraction of sp³-hybridized carbons (Fsp3) is 0.400. The minimum atomic E-state index is -0.360. The Morgan fingerprint density at radius 2 is 1.96 bits per heavy atom. The minimum absolute atomic E-state index is 0.0276. The highest BCUT2D eigenvalue weighted by molar-refractivity contribution is 5.65. The van der Waals surface area contributed by atoms with Gasteiger partial charge in [-0.3, -0.25) is 15.0 Å². The first-order chi connectivity index (χ1) is 13.2. The van der Waals surface area contributed by atoms with Gasteiger partial charge in [0, 0.05) is 32.2 Å². The van der Waals surface area contributed by atoms with E-state index >= 15 is 0 Å². The van der Waals surface area contributed by atoms with Crippen LogP contribution in [0, 0.1) is 10.1 Å². The molecule has 142 valence electrons. The summed E-state index contributed by atoms with van der Waals surface area (Å²) < 4.78 is 5.98. The molecule has 0 spiro atoms. The van der Waals surface area contributed by atoms with Crippen LogP contribution in [0.2, 0.25) is 0 Å². The van der Waals surface area contributed by atoms with Gasteiger partial charge in [-0.1, -0.05) is 30.3 Å². The lowest BCUT2D eigenvalue weighted by molar-refractivity contribution is -0.384. The summed E-state index contributed by atoms with van der Waals surface area (Å²) in [6.45, 7) is 3.52. The zero-order valence-electron chi connectivity index (χ0n) is 15.0. The summed E-state index contributed by atoms with van der Waals surface area (Å²) in [7, 11) is 0. The molecule has 0 radical (unpaired) electrons. The molecule has 0 aromatic heterocycles. The van der Waals surface area contributed by atoms with Gasteiger partial charge < -0.3 is 14.7 Å². The van der Waals surface area contributed by atoms with E-state index in [0.29, 0.717) is 30.9 Å². The van der Waals surface area contributed by atoms with Gasteiger partial charge in [0.05, 0.1) is 30.3 Å². The van der Waals surface area contributed by atoms with Crippen molar-refractivity contribution in [1.29, 1.82) is 0 Å². The van der Waals surface area contributed by atoms with Crippen LogP contribution in [-0.4, -0.2) is 53.3 Å². The van der Waals surface area contributed by atoms with Gasteiger partial charge in [0.25, 0.3) is 5.69 Å². The molecule has 2 saturated heterocycles. The average Bonchev–Trinajstić information content (AvgIpc) is 3.13. The Bertz CT molecular complexity index is 814. The monoisotopic (exact) mass is 369 g/mol. The molecule has 0 bridgehead atoms. The number of aliphatic hydroxyl groups excluding tert-OH is 1. The lowest BCUT2D eigenvalue weighted by atomic mass is 10.1. The summed E-state index contributed by atoms with van der Waals surface area (Å²) in [5, 5.41) is 20.9. The molecule has 2 unspecified atom stereocenters. The molecule has 2 heterocycles. The van der Waals surface area contributed by atoms with Gasteiger partial charge in [0.15, 0.2) is 0 Å². The third-order valence-electron chi connectivity index (χ3n) is 5.40. The van der Waals surface area contributed by atoms with E-state index in [9.17, 15) is 15.2 Å². The normalized spacial score (nSPS) is 22.6. The number of morpholine rings is 1. The molecule has 2 aromatic rings. The maximum Gasteiger partial charge on any atom is 0.292 e. The summed E-state index contributed by atoms with van der Waals surface area (Å²) in [6.07, 6.45) is 0.0276. The van der Waals surface area contributed by atoms with Crippen molar-refractivity contribution >= 4 is 11.4 Å². The summed E-state index contributed by atoms with van der Waals surface area (Å²) >= 11 is 0. The van der Waals surface area contributed by atoms with E-state index in [1.807, 2.05) is 23.1 Å². The van der Waals surface area contributed by atoms with Gasteiger partial charge in [-0.25, -0.2) is 0 Å². The van der Waals surface area contributed by atoms with Crippen molar-refractivity contribution in [3.63, 3.8) is 0 Å². The summed E-state index contributed by atoms with van der Waals surface area (Å²) in [4.78, 5) is 15.5. The van der Waals surface area contributed by atoms with Crippen LogP contribution < -0.4 is 4.90 Å². The van der Waals surface area contributed by atoms with E-state index in [4.69, 9.17) is 4.74 Å². The number of nitro groups is 1. The smallest absolute Gasteiger partial charge is 0.292 e. The molecule has 4 rings (SSSR count). The molecule has 2 aliphatic heterocycles. The third kappa shape index (κ3) is 3.66. The zero-order valence-corrected chi connectivity index (χ0v) is 15.0. The van der Waals surface area contributed by atoms with Crippen LogP contribution in [-0.2, 0) is 17.9 Å². The van der Waals surface area contributed by atoms with Gasteiger partial charge in [-0.2, -0.15) is 0 Å². The molecule has 2 fully saturated rings. The molecule has 1 N–H and O–H groups in total. The van der Waals surface area contributed by atoms with E-state index in [-0.39, 0.29) is 29.4 Å². The first-order valence-corrected chi connectivity index (χ1v) is 9.18. The van der Waals surface area contributed by atoms with Gasteiger partial charge in [0.1, 0.15) is 5.69 Å². The molecule has 0 aliphatic carbocycles. The Morgan fingerprint density at radius 3 is 2.70 bits per heavy atom. The Hall–Kier alpha value is -2.48. The Kier molecular flexibility index (Phi) is 5.07. The van der Waals surface area contributed by atoms with Crippen LogP contribution in [0.25, 0.3) is 0 Å². The van der Waals surface area contributed by atoms with E-state index < -0.39 is 0 Å². The van der Waals surface area contributed by atoms with Crippen LogP contribution in [0.15, 0.2) is 48.5 Å². The van der Waals surface area contributed by atoms with Crippen molar-refractivity contribution in [3.05, 3.63) is 69.8 Å². The number of anilines is 1. The molecule has 0 saturated carbocycles. The number of aliphatic hydroxyl groups is 1. The second kappa shape index (κ2) is 7.64. The summed E-state index contributed by atoms with van der Waals surface area (Å²) in [5.74, 6) is 0. The minimum Gasteiger partial charge on any atom is -0.392 e. The number of fused-ring (bicyclic) bond motifs is 1. The second-order valence-electron chi connectivity index (χ2n) is 7.08. The number of rotatable bonds is 5. The van der Waals surface area contributed by atoms with Crippen LogP contribution in [0.4, 0.5) is 11.4 Å². The number of benzene rings is 2. The van der Waals surface area contributed by atoms with E-state index in [1.54, 1.807) is 12.1 Å². The molecule has 7 heteroatoms. The summed E-state index contributed by atoms with van der Waals surface area (Å²) in [6, 6.07) is 15.3. The maximum atomic E-state index is 11.5. The lowest BCUT2D eigenvalue weighted by Crippen LogP contribution is -2.50. The highest BCUT2D eigenvalue weighted by atomic mass is 16.6. The fourth-order valence-corrected chi connectivity index (χ4v) is 4.04. The Morgan fingerprint density at radius 1 is 1.15 bits per heavy atom. The molecule has 2 aliphatic rings. The molecule has 0 amide bonds. The molecule has 2 aromatic carbocycles. The van der Waals surface area contributed by atoms with Crippen LogP contribution in [0.3, 0.4) is 0 Å². The molecule has 7 nitrogen and oxygen atoms in total. The van der Waals surface area contributed by atoms with Crippen LogP contribution in [0.1, 0.15) is 11.1 Å². The van der Waals surface area contributed by atoms with E-state index in [1.165, 1.54) is 11.6 Å². The fourth-order valence-electron chi connectivity index (χ4n) is 4.04. The molecule has 2 atom stereocenters. The molecular weight excluding hydrogens is 346 g/mol. The predicted octanol–water partition coefficient (Wildman–Crippen LogP) is 2.18. The number of hydrogen-bond donors (Lipinski definition) is 1. The third-order valence-corrected chi connectivity index (χ3v) is 5.40. The number of nitrogens with zero attached hydrogens (tertiary/aromatic N) is 3. The van der Waals surface area contributed by atoms with Crippen molar-refractivity contribution in [3.8, 4) is 0 Å². The van der Waals surface area contributed by atoms with Crippen molar-refractivity contribution in [1.82, 2.24) is 4.90 Å². The largest absolute Gasteiger partial charge is 0.392 e. The van der Waals surface area contributed by atoms with Crippen molar-refractivity contribution in [2.75, 3.05) is 31.1 Å². The quantitative estimate of drug-likeness (QED) is 0.643. The first kappa shape index (κ1) is 17.9. The van der Waals surface area contributed by atoms with Gasteiger partial charge in [0.2, 0.25) is 0 Å². The highest BCUT2D eigenvalue weighted by Gasteiger charge is 2.41. The summed E-state index contributed by atoms with van der Waals surface area (Å²) in [5.41, 5.74) is 2.56. The SMILES string of the molecule is O=[N+]([O-])c1ccc(CO)cc1N1CC2OCCN(Cc3ccccc3)C2C1. The van der Waals surface area contributed by atoms with Gasteiger partial charge in [-0.15, -0.1) is 0 Å². The second-order valence-corrected chi connectivity index (χ2v) is 7.08. The van der Waals surface area contributed by atoms with Crippen molar-refractivity contribution in [2.45, 2.75) is 25.3 Å². The standard InChI is InChI=1S/C20H23N3O4/c24-14-16-6-7-17(23(25)26)18(10-16)22-12-19-20(13-22)27-9-8-21(19)11-15-4-2-1-3-5-15/h1-7,10,19-20,24H,8-9,11-14H2. The average molecular weight is 369 g/mol. The number of nitro benzene ring substituents is 1. The number of hydrogen-bond acceptors (Lipinski definition) is 6. The van der Waals surface area contributed by atoms with Gasteiger partial charge >= 0.3 is 0 Å². The van der Waals surface area contributed by atoms with Crippen molar-refractivity contribution in [2.24, 2.45) is 0 Å². The number of ether oxygens (including phenoxy) is 1. The highest BCUT2D eigenvalue weighted by Crippen LogP contribution is 2.34. The predicted molar refractivity (Wildman–Crippen MR) is 102 cm³/mol. The zero-order chi connectivity index (χ0) is 18.8. The van der Waals surface area contributed by atoms with Crippen molar-refractivity contribution < 1.29 is 14.8 Å². The first-order valence-electron chi connectivity index (χ1n) is 9.18. The molecule has 27 heavy (non-hydrogen) atoms. The van der Waals surface area contributed by atoms with Crippen LogP contribution >= 0.6 is 0 Å². The lowest BCUT2D eigenvalue weighted by Gasteiger charge is -2.36. The van der Waals surface area contributed by atoms with E-state index in [0.717, 1.165) is 13.1 Å². The van der Waals surface area contributed by atoms with Crippen LogP contribution in [0.5, 0.6) is 0 Å².